The normalized spacial score (nSPS) is 13.2. The molecule has 0 spiro atoms. The summed E-state index contributed by atoms with van der Waals surface area (Å²) in [6.45, 7) is 4.21. The SMILES string of the molecule is CCCCCCCCCCCCC/C=C/CCCC(O)C(O)C(CO)NC(=O)CCCCCCCCCCCCCCCCCCCCCCCCCCCCCCCCCCCCCCC. The van der Waals surface area contributed by atoms with Gasteiger partial charge >= 0.3 is 0 Å². The zero-order valence-electron chi connectivity index (χ0n) is 45.8. The molecule has 0 bridgehead atoms. The van der Waals surface area contributed by atoms with Gasteiger partial charge in [0.1, 0.15) is 6.10 Å². The Morgan fingerprint density at radius 1 is 0.358 bits per heavy atom. The molecule has 0 aromatic carbocycles. The molecule has 0 saturated heterocycles. The number of allylic oxidation sites excluding steroid dienone is 2. The Bertz CT molecular complexity index is 956. The lowest BCUT2D eigenvalue weighted by atomic mass is 10.0. The van der Waals surface area contributed by atoms with Gasteiger partial charge in [-0.2, -0.15) is 0 Å². The summed E-state index contributed by atoms with van der Waals surface area (Å²) in [6.07, 6.45) is 72.7. The second kappa shape index (κ2) is 57.7. The number of carbonyl (C=O) groups excluding carboxylic acids is 1. The molecule has 67 heavy (non-hydrogen) atoms. The topological polar surface area (TPSA) is 89.8 Å². The van der Waals surface area contributed by atoms with Gasteiger partial charge in [-0.15, -0.1) is 0 Å². The molecular formula is C62H123NO4. The summed E-state index contributed by atoms with van der Waals surface area (Å²) in [5.74, 6) is -0.146. The first kappa shape index (κ1) is 66.1. The minimum atomic E-state index is -1.16. The molecule has 4 N–H and O–H groups in total. The Balaban J connectivity index is 3.42. The number of nitrogens with one attached hydrogen (secondary N) is 1. The summed E-state index contributed by atoms with van der Waals surface area (Å²) < 4.78 is 0. The van der Waals surface area contributed by atoms with Crippen LogP contribution in [0.15, 0.2) is 12.2 Å². The monoisotopic (exact) mass is 946 g/mol. The minimum absolute atomic E-state index is 0.146. The van der Waals surface area contributed by atoms with E-state index >= 15 is 0 Å². The van der Waals surface area contributed by atoms with Crippen molar-refractivity contribution in [3.05, 3.63) is 12.2 Å². The summed E-state index contributed by atoms with van der Waals surface area (Å²) >= 11 is 0. The number of carbonyl (C=O) groups is 1. The van der Waals surface area contributed by atoms with Crippen molar-refractivity contribution >= 4 is 5.91 Å². The van der Waals surface area contributed by atoms with E-state index in [-0.39, 0.29) is 12.5 Å². The van der Waals surface area contributed by atoms with Crippen LogP contribution in [0.25, 0.3) is 0 Å². The van der Waals surface area contributed by atoms with Gasteiger partial charge in [0.05, 0.1) is 18.8 Å². The van der Waals surface area contributed by atoms with Gasteiger partial charge in [0, 0.05) is 6.42 Å². The molecule has 5 heteroatoms. The van der Waals surface area contributed by atoms with E-state index in [9.17, 15) is 20.1 Å². The second-order valence-corrected chi connectivity index (χ2v) is 21.6. The van der Waals surface area contributed by atoms with Gasteiger partial charge in [-0.05, 0) is 38.5 Å². The molecule has 0 aromatic heterocycles. The maximum Gasteiger partial charge on any atom is 0.220 e. The van der Waals surface area contributed by atoms with Crippen LogP contribution in [0, 0.1) is 0 Å². The van der Waals surface area contributed by atoms with Crippen LogP contribution in [-0.4, -0.2) is 46.1 Å². The zero-order valence-corrected chi connectivity index (χ0v) is 45.8. The standard InChI is InChI=1S/C62H123NO4/c1-3-5-7-9-11-13-15-17-19-21-22-23-24-25-26-27-28-29-30-31-32-33-34-35-36-37-38-39-40-41-43-45-47-49-51-53-55-57-61(66)63-59(58-64)62(67)60(65)56-54-52-50-48-46-44-42-20-18-16-14-12-10-8-6-4-2/h48,50,59-60,62,64-65,67H,3-47,49,51-58H2,1-2H3,(H,63,66)/b50-48+. The largest absolute Gasteiger partial charge is 0.394 e. The third kappa shape index (κ3) is 52.7. The molecule has 0 aliphatic rings. The first-order valence-electron chi connectivity index (χ1n) is 31.0. The van der Waals surface area contributed by atoms with Crippen molar-refractivity contribution in [2.45, 2.75) is 372 Å². The highest BCUT2D eigenvalue weighted by Crippen LogP contribution is 2.19. The predicted molar refractivity (Wildman–Crippen MR) is 296 cm³/mol. The number of aliphatic hydroxyl groups is 3. The van der Waals surface area contributed by atoms with Crippen LogP contribution in [0.5, 0.6) is 0 Å². The highest BCUT2D eigenvalue weighted by Gasteiger charge is 2.26. The average molecular weight is 947 g/mol. The molecule has 1 amide bonds. The summed E-state index contributed by atoms with van der Waals surface area (Å²) in [4.78, 5) is 12.5. The quantitative estimate of drug-likeness (QED) is 0.0361. The van der Waals surface area contributed by atoms with E-state index in [0.717, 1.165) is 38.5 Å². The van der Waals surface area contributed by atoms with E-state index in [1.165, 1.54) is 289 Å². The summed E-state index contributed by atoms with van der Waals surface area (Å²) in [6, 6.07) is -0.822. The Kier molecular flexibility index (Phi) is 56.9. The van der Waals surface area contributed by atoms with Crippen molar-refractivity contribution in [3.8, 4) is 0 Å². The second-order valence-electron chi connectivity index (χ2n) is 21.6. The van der Waals surface area contributed by atoms with Crippen LogP contribution in [0.2, 0.25) is 0 Å². The molecule has 400 valence electrons. The van der Waals surface area contributed by atoms with Gasteiger partial charge < -0.3 is 20.6 Å². The molecule has 0 aliphatic carbocycles. The van der Waals surface area contributed by atoms with Gasteiger partial charge in [0.2, 0.25) is 5.91 Å². The molecule has 0 aliphatic heterocycles. The van der Waals surface area contributed by atoms with Gasteiger partial charge in [-0.25, -0.2) is 0 Å². The van der Waals surface area contributed by atoms with Crippen LogP contribution in [-0.2, 0) is 4.79 Å². The third-order valence-corrected chi connectivity index (χ3v) is 14.9. The van der Waals surface area contributed by atoms with E-state index < -0.39 is 18.2 Å². The van der Waals surface area contributed by atoms with E-state index in [4.69, 9.17) is 0 Å². The molecule has 0 aromatic rings. The summed E-state index contributed by atoms with van der Waals surface area (Å²) in [5, 5.41) is 33.7. The predicted octanol–water partition coefficient (Wildman–Crippen LogP) is 19.5. The Morgan fingerprint density at radius 2 is 0.597 bits per heavy atom. The van der Waals surface area contributed by atoms with Crippen molar-refractivity contribution in [2.24, 2.45) is 0 Å². The summed E-state index contributed by atoms with van der Waals surface area (Å²) in [7, 11) is 0. The highest BCUT2D eigenvalue weighted by molar-refractivity contribution is 5.76. The van der Waals surface area contributed by atoms with Gasteiger partial charge in [-0.1, -0.05) is 321 Å². The van der Waals surface area contributed by atoms with Gasteiger partial charge in [-0.3, -0.25) is 4.79 Å². The lowest BCUT2D eigenvalue weighted by Crippen LogP contribution is -2.50. The number of hydrogen-bond donors (Lipinski definition) is 4. The molecule has 0 saturated carbocycles. The van der Waals surface area contributed by atoms with Crippen molar-refractivity contribution in [1.82, 2.24) is 5.32 Å². The van der Waals surface area contributed by atoms with Crippen LogP contribution in [0.4, 0.5) is 0 Å². The van der Waals surface area contributed by atoms with Gasteiger partial charge in [0.15, 0.2) is 0 Å². The fraction of sp³-hybridized carbons (Fsp3) is 0.952. The maximum absolute atomic E-state index is 12.5. The number of aliphatic hydroxyl groups excluding tert-OH is 3. The molecule has 3 unspecified atom stereocenters. The van der Waals surface area contributed by atoms with Crippen molar-refractivity contribution < 1.29 is 20.1 Å². The first-order valence-corrected chi connectivity index (χ1v) is 31.0. The minimum Gasteiger partial charge on any atom is -0.394 e. The third-order valence-electron chi connectivity index (χ3n) is 14.9. The lowest BCUT2D eigenvalue weighted by Gasteiger charge is -2.26. The molecule has 0 radical (unpaired) electrons. The van der Waals surface area contributed by atoms with E-state index in [1.807, 2.05) is 0 Å². The number of hydrogen-bond acceptors (Lipinski definition) is 4. The molecule has 0 fully saturated rings. The molecule has 0 rings (SSSR count). The molecule has 3 atom stereocenters. The Hall–Kier alpha value is -0.910. The van der Waals surface area contributed by atoms with E-state index in [1.54, 1.807) is 0 Å². The number of rotatable bonds is 58. The highest BCUT2D eigenvalue weighted by atomic mass is 16.3. The van der Waals surface area contributed by atoms with Crippen LogP contribution >= 0.6 is 0 Å². The lowest BCUT2D eigenvalue weighted by molar-refractivity contribution is -0.124. The first-order chi connectivity index (χ1) is 33.1. The molecule has 0 heterocycles. The van der Waals surface area contributed by atoms with E-state index in [2.05, 4.69) is 31.3 Å². The molecule has 5 nitrogen and oxygen atoms in total. The van der Waals surface area contributed by atoms with Crippen molar-refractivity contribution in [2.75, 3.05) is 6.61 Å². The Morgan fingerprint density at radius 3 is 0.866 bits per heavy atom. The number of unbranched alkanes of at least 4 members (excludes halogenated alkanes) is 48. The van der Waals surface area contributed by atoms with Gasteiger partial charge in [0.25, 0.3) is 0 Å². The number of amides is 1. The Labute approximate surface area is 420 Å². The van der Waals surface area contributed by atoms with Crippen LogP contribution < -0.4 is 5.32 Å². The molecular weight excluding hydrogens is 823 g/mol. The van der Waals surface area contributed by atoms with Crippen molar-refractivity contribution in [3.63, 3.8) is 0 Å². The van der Waals surface area contributed by atoms with E-state index in [0.29, 0.717) is 12.8 Å². The smallest absolute Gasteiger partial charge is 0.220 e. The zero-order chi connectivity index (χ0) is 48.6. The van der Waals surface area contributed by atoms with Crippen LogP contribution in [0.1, 0.15) is 354 Å². The fourth-order valence-corrected chi connectivity index (χ4v) is 10.1. The maximum atomic E-state index is 12.5. The summed E-state index contributed by atoms with van der Waals surface area (Å²) in [5.41, 5.74) is 0. The fourth-order valence-electron chi connectivity index (χ4n) is 10.1. The van der Waals surface area contributed by atoms with Crippen molar-refractivity contribution in [1.29, 1.82) is 0 Å². The average Bonchev–Trinajstić information content (AvgIpc) is 3.33. The van der Waals surface area contributed by atoms with Crippen LogP contribution in [0.3, 0.4) is 0 Å².